The molecule has 0 spiro atoms. The van der Waals surface area contributed by atoms with Crippen molar-refractivity contribution in [2.45, 2.75) is 13.8 Å². The van der Waals surface area contributed by atoms with Crippen molar-refractivity contribution >= 4 is 29.1 Å². The SMILES string of the molecule is CC(=O)N(c1ccccc1Cl)c1onc(-c2cccc(C)c2)c1-c1ccncc1. The molecule has 144 valence electrons. The summed E-state index contributed by atoms with van der Waals surface area (Å²) in [6, 6.07) is 18.8. The first kappa shape index (κ1) is 18.9. The van der Waals surface area contributed by atoms with Gasteiger partial charge in [-0.3, -0.25) is 9.78 Å². The van der Waals surface area contributed by atoms with Gasteiger partial charge in [0.15, 0.2) is 0 Å². The number of pyridine rings is 1. The Bertz CT molecular complexity index is 1170. The molecule has 0 fully saturated rings. The van der Waals surface area contributed by atoms with Crippen LogP contribution in [0.4, 0.5) is 11.6 Å². The topological polar surface area (TPSA) is 59.2 Å². The Balaban J connectivity index is 1.99. The average Bonchev–Trinajstić information content (AvgIpc) is 3.15. The minimum atomic E-state index is -0.236. The highest BCUT2D eigenvalue weighted by Crippen LogP contribution is 2.43. The molecule has 6 heteroatoms. The van der Waals surface area contributed by atoms with Crippen molar-refractivity contribution in [2.75, 3.05) is 4.90 Å². The molecule has 1 amide bonds. The van der Waals surface area contributed by atoms with Crippen LogP contribution in [0, 0.1) is 6.92 Å². The summed E-state index contributed by atoms with van der Waals surface area (Å²) in [5.41, 5.74) is 4.72. The largest absolute Gasteiger partial charge is 0.337 e. The van der Waals surface area contributed by atoms with Crippen LogP contribution in [-0.4, -0.2) is 16.0 Å². The summed E-state index contributed by atoms with van der Waals surface area (Å²) in [5, 5.41) is 4.77. The van der Waals surface area contributed by atoms with Crippen LogP contribution in [0.5, 0.6) is 0 Å². The molecule has 0 saturated carbocycles. The van der Waals surface area contributed by atoms with Gasteiger partial charge in [-0.2, -0.15) is 0 Å². The first-order chi connectivity index (χ1) is 14.1. The van der Waals surface area contributed by atoms with Gasteiger partial charge in [-0.1, -0.05) is 52.7 Å². The highest BCUT2D eigenvalue weighted by molar-refractivity contribution is 6.34. The molecule has 0 aliphatic rings. The number of carbonyl (C=O) groups excluding carboxylic acids is 1. The van der Waals surface area contributed by atoms with E-state index in [9.17, 15) is 4.79 Å². The maximum Gasteiger partial charge on any atom is 0.247 e. The fraction of sp³-hybridized carbons (Fsp3) is 0.0870. The predicted octanol–water partition coefficient (Wildman–Crippen LogP) is 6.05. The monoisotopic (exact) mass is 403 g/mol. The standard InChI is InChI=1S/C23H18ClN3O2/c1-15-6-5-7-18(14-15)22-21(17-10-12-25-13-11-17)23(29-26-22)27(16(2)28)20-9-4-3-8-19(20)24/h3-14H,1-2H3. The van der Waals surface area contributed by atoms with E-state index >= 15 is 0 Å². The third-order valence-electron chi connectivity index (χ3n) is 4.55. The molecule has 0 bridgehead atoms. The van der Waals surface area contributed by atoms with Crippen molar-refractivity contribution in [2.24, 2.45) is 0 Å². The second-order valence-electron chi connectivity index (χ2n) is 6.62. The van der Waals surface area contributed by atoms with E-state index in [2.05, 4.69) is 10.1 Å². The molecule has 0 radical (unpaired) electrons. The summed E-state index contributed by atoms with van der Waals surface area (Å²) in [7, 11) is 0. The molecule has 2 aromatic heterocycles. The molecule has 4 aromatic rings. The van der Waals surface area contributed by atoms with E-state index in [0.717, 1.165) is 16.7 Å². The number of carbonyl (C=O) groups is 1. The predicted molar refractivity (Wildman–Crippen MR) is 114 cm³/mol. The molecule has 0 aliphatic heterocycles. The Morgan fingerprint density at radius 3 is 2.45 bits per heavy atom. The molecule has 2 heterocycles. The highest BCUT2D eigenvalue weighted by Gasteiger charge is 2.28. The van der Waals surface area contributed by atoms with Gasteiger partial charge in [0.2, 0.25) is 11.8 Å². The maximum absolute atomic E-state index is 12.6. The number of hydrogen-bond acceptors (Lipinski definition) is 4. The van der Waals surface area contributed by atoms with Gasteiger partial charge in [0.05, 0.1) is 16.3 Å². The number of aryl methyl sites for hydroxylation is 1. The van der Waals surface area contributed by atoms with Gasteiger partial charge in [0, 0.05) is 24.9 Å². The van der Waals surface area contributed by atoms with Crippen molar-refractivity contribution < 1.29 is 9.32 Å². The Hall–Kier alpha value is -3.44. The number of hydrogen-bond donors (Lipinski definition) is 0. The van der Waals surface area contributed by atoms with E-state index in [1.54, 1.807) is 24.5 Å². The summed E-state index contributed by atoms with van der Waals surface area (Å²) in [4.78, 5) is 18.2. The van der Waals surface area contributed by atoms with Crippen LogP contribution >= 0.6 is 11.6 Å². The molecule has 29 heavy (non-hydrogen) atoms. The lowest BCUT2D eigenvalue weighted by Gasteiger charge is -2.20. The second-order valence-corrected chi connectivity index (χ2v) is 7.03. The summed E-state index contributed by atoms with van der Waals surface area (Å²) in [5.74, 6) is 0.0775. The summed E-state index contributed by atoms with van der Waals surface area (Å²) >= 11 is 6.39. The van der Waals surface area contributed by atoms with Gasteiger partial charge in [-0.25, -0.2) is 4.90 Å². The highest BCUT2D eigenvalue weighted by atomic mass is 35.5. The Kier molecular flexibility index (Phi) is 5.14. The number of benzene rings is 2. The summed E-state index contributed by atoms with van der Waals surface area (Å²) < 4.78 is 5.75. The Labute approximate surface area is 173 Å². The first-order valence-electron chi connectivity index (χ1n) is 9.08. The molecule has 0 unspecified atom stereocenters. The van der Waals surface area contributed by atoms with E-state index in [4.69, 9.17) is 16.1 Å². The summed E-state index contributed by atoms with van der Waals surface area (Å²) in [6.07, 6.45) is 3.39. The first-order valence-corrected chi connectivity index (χ1v) is 9.46. The Morgan fingerprint density at radius 1 is 1.00 bits per heavy atom. The number of halogens is 1. The fourth-order valence-corrected chi connectivity index (χ4v) is 3.48. The van der Waals surface area contributed by atoms with Crippen molar-refractivity contribution in [3.05, 3.63) is 83.6 Å². The van der Waals surface area contributed by atoms with Gasteiger partial charge in [0.25, 0.3) is 0 Å². The number of amides is 1. The summed E-state index contributed by atoms with van der Waals surface area (Å²) in [6.45, 7) is 3.48. The van der Waals surface area contributed by atoms with Crippen molar-refractivity contribution in [3.63, 3.8) is 0 Å². The smallest absolute Gasteiger partial charge is 0.247 e. The average molecular weight is 404 g/mol. The molecule has 2 aromatic carbocycles. The van der Waals surface area contributed by atoms with Crippen molar-refractivity contribution in [3.8, 4) is 22.4 Å². The molecule has 0 aliphatic carbocycles. The van der Waals surface area contributed by atoms with Gasteiger partial charge >= 0.3 is 0 Å². The number of rotatable bonds is 4. The minimum absolute atomic E-state index is 0.236. The minimum Gasteiger partial charge on any atom is -0.337 e. The molecular formula is C23H18ClN3O2. The molecule has 0 atom stereocenters. The Morgan fingerprint density at radius 2 is 1.76 bits per heavy atom. The van der Waals surface area contributed by atoms with Crippen LogP contribution in [0.3, 0.4) is 0 Å². The third-order valence-corrected chi connectivity index (χ3v) is 4.87. The third kappa shape index (κ3) is 3.65. The zero-order valence-electron chi connectivity index (χ0n) is 16.0. The van der Waals surface area contributed by atoms with E-state index < -0.39 is 0 Å². The van der Waals surface area contributed by atoms with Crippen LogP contribution < -0.4 is 4.90 Å². The number of anilines is 2. The molecular weight excluding hydrogens is 386 g/mol. The van der Waals surface area contributed by atoms with Gasteiger partial charge < -0.3 is 4.52 Å². The van der Waals surface area contributed by atoms with E-state index in [1.165, 1.54) is 11.8 Å². The fourth-order valence-electron chi connectivity index (χ4n) is 3.26. The van der Waals surface area contributed by atoms with Crippen LogP contribution in [0.25, 0.3) is 22.4 Å². The normalized spacial score (nSPS) is 10.7. The molecule has 4 rings (SSSR count). The lowest BCUT2D eigenvalue weighted by Crippen LogP contribution is -2.23. The molecule has 5 nitrogen and oxygen atoms in total. The van der Waals surface area contributed by atoms with E-state index in [-0.39, 0.29) is 5.91 Å². The zero-order chi connectivity index (χ0) is 20.4. The van der Waals surface area contributed by atoms with E-state index in [1.807, 2.05) is 55.5 Å². The van der Waals surface area contributed by atoms with Gasteiger partial charge in [0.1, 0.15) is 5.69 Å². The van der Waals surface area contributed by atoms with Gasteiger partial charge in [-0.15, -0.1) is 0 Å². The quantitative estimate of drug-likeness (QED) is 0.416. The van der Waals surface area contributed by atoms with Crippen molar-refractivity contribution in [1.29, 1.82) is 0 Å². The van der Waals surface area contributed by atoms with Crippen LogP contribution in [0.1, 0.15) is 12.5 Å². The lowest BCUT2D eigenvalue weighted by atomic mass is 10.00. The zero-order valence-corrected chi connectivity index (χ0v) is 16.7. The lowest BCUT2D eigenvalue weighted by molar-refractivity contribution is -0.116. The second kappa shape index (κ2) is 7.89. The number of aromatic nitrogens is 2. The van der Waals surface area contributed by atoms with Gasteiger partial charge in [-0.05, 0) is 42.8 Å². The molecule has 0 N–H and O–H groups in total. The number of para-hydroxylation sites is 1. The molecule has 0 saturated heterocycles. The van der Waals surface area contributed by atoms with Crippen LogP contribution in [0.2, 0.25) is 5.02 Å². The number of nitrogens with zero attached hydrogens (tertiary/aromatic N) is 3. The maximum atomic E-state index is 12.6. The van der Waals surface area contributed by atoms with E-state index in [0.29, 0.717) is 27.9 Å². The van der Waals surface area contributed by atoms with Crippen LogP contribution in [-0.2, 0) is 4.79 Å². The van der Waals surface area contributed by atoms with Crippen LogP contribution in [0.15, 0.2) is 77.6 Å². The van der Waals surface area contributed by atoms with Crippen molar-refractivity contribution in [1.82, 2.24) is 10.1 Å².